The summed E-state index contributed by atoms with van der Waals surface area (Å²) in [7, 11) is 1.61. The van der Waals surface area contributed by atoms with Crippen molar-refractivity contribution in [3.8, 4) is 5.88 Å². The Balaban J connectivity index is 1.32. The van der Waals surface area contributed by atoms with E-state index in [0.29, 0.717) is 25.0 Å². The minimum atomic E-state index is -0.115. The number of ether oxygens (including phenoxy) is 3. The molecule has 2 fully saturated rings. The zero-order valence-corrected chi connectivity index (χ0v) is 15.3. The molecule has 7 nitrogen and oxygen atoms in total. The highest BCUT2D eigenvalue weighted by Crippen LogP contribution is 2.41. The lowest BCUT2D eigenvalue weighted by atomic mass is 9.81. The Kier molecular flexibility index (Phi) is 4.58. The number of anilines is 1. The summed E-state index contributed by atoms with van der Waals surface area (Å²) in [5, 5.41) is 3.14. The SMILES string of the molecule is COc1cc(N2CC3(C2)OCC[C@H]3COCc2csc(C)n2)ncn1. The summed E-state index contributed by atoms with van der Waals surface area (Å²) in [5.41, 5.74) is 0.898. The van der Waals surface area contributed by atoms with Crippen LogP contribution >= 0.6 is 11.3 Å². The van der Waals surface area contributed by atoms with E-state index in [1.807, 2.05) is 13.0 Å². The van der Waals surface area contributed by atoms with E-state index in [0.717, 1.165) is 42.6 Å². The molecule has 2 saturated heterocycles. The number of methoxy groups -OCH3 is 1. The molecule has 2 aromatic heterocycles. The lowest BCUT2D eigenvalue weighted by Crippen LogP contribution is -2.65. The van der Waals surface area contributed by atoms with Gasteiger partial charge in [0.05, 0.1) is 44.1 Å². The van der Waals surface area contributed by atoms with Crippen molar-refractivity contribution < 1.29 is 14.2 Å². The third-order valence-corrected chi connectivity index (χ3v) is 5.74. The predicted molar refractivity (Wildman–Crippen MR) is 94.1 cm³/mol. The number of thiazole rings is 1. The first-order valence-corrected chi connectivity index (χ1v) is 9.30. The van der Waals surface area contributed by atoms with Gasteiger partial charge in [-0.25, -0.2) is 15.0 Å². The van der Waals surface area contributed by atoms with Crippen LogP contribution in [-0.4, -0.2) is 54.0 Å². The van der Waals surface area contributed by atoms with Crippen LogP contribution in [0, 0.1) is 12.8 Å². The van der Waals surface area contributed by atoms with Crippen molar-refractivity contribution in [2.24, 2.45) is 5.92 Å². The van der Waals surface area contributed by atoms with Gasteiger partial charge in [0.1, 0.15) is 17.7 Å². The van der Waals surface area contributed by atoms with Crippen LogP contribution in [0.15, 0.2) is 17.8 Å². The number of hydrogen-bond acceptors (Lipinski definition) is 8. The van der Waals surface area contributed by atoms with Crippen molar-refractivity contribution in [3.63, 3.8) is 0 Å². The molecule has 8 heteroatoms. The fourth-order valence-corrected chi connectivity index (χ4v) is 4.12. The van der Waals surface area contributed by atoms with E-state index in [1.165, 1.54) is 6.33 Å². The van der Waals surface area contributed by atoms with Crippen molar-refractivity contribution in [1.82, 2.24) is 15.0 Å². The van der Waals surface area contributed by atoms with Gasteiger partial charge in [0.25, 0.3) is 0 Å². The minimum Gasteiger partial charge on any atom is -0.481 e. The Hall–Kier alpha value is -1.77. The van der Waals surface area contributed by atoms with Crippen molar-refractivity contribution in [1.29, 1.82) is 0 Å². The lowest BCUT2D eigenvalue weighted by Gasteiger charge is -2.50. The molecule has 25 heavy (non-hydrogen) atoms. The Morgan fingerprint density at radius 1 is 1.40 bits per heavy atom. The van der Waals surface area contributed by atoms with E-state index in [9.17, 15) is 0 Å². The topological polar surface area (TPSA) is 69.6 Å². The number of hydrogen-bond donors (Lipinski definition) is 0. The van der Waals surface area contributed by atoms with Crippen LogP contribution in [0.3, 0.4) is 0 Å². The van der Waals surface area contributed by atoms with Gasteiger partial charge in [-0.2, -0.15) is 0 Å². The van der Waals surface area contributed by atoms with Crippen molar-refractivity contribution >= 4 is 17.2 Å². The van der Waals surface area contributed by atoms with Crippen molar-refractivity contribution in [2.45, 2.75) is 25.6 Å². The molecule has 0 aliphatic carbocycles. The standard InChI is InChI=1S/C17H22N4O3S/c1-12-20-14(8-25-12)7-23-6-13-3-4-24-17(13)9-21(10-17)15-5-16(22-2)19-11-18-15/h5,8,11,13H,3-4,6-7,9-10H2,1-2H3/t13-/m0/s1. The average molecular weight is 362 g/mol. The molecule has 1 atom stereocenters. The summed E-state index contributed by atoms with van der Waals surface area (Å²) in [6.07, 6.45) is 2.57. The fraction of sp³-hybridized carbons (Fsp3) is 0.588. The predicted octanol–water partition coefficient (Wildman–Crippen LogP) is 2.06. The molecular weight excluding hydrogens is 340 g/mol. The van der Waals surface area contributed by atoms with Crippen LogP contribution in [0.25, 0.3) is 0 Å². The maximum absolute atomic E-state index is 6.09. The van der Waals surface area contributed by atoms with E-state index in [1.54, 1.807) is 18.4 Å². The summed E-state index contributed by atoms with van der Waals surface area (Å²) >= 11 is 1.66. The Bertz CT molecular complexity index is 732. The zero-order chi connectivity index (χ0) is 17.3. The molecule has 0 aromatic carbocycles. The monoisotopic (exact) mass is 362 g/mol. The molecule has 2 aliphatic rings. The molecule has 0 unspecified atom stereocenters. The van der Waals surface area contributed by atoms with Crippen LogP contribution in [0.2, 0.25) is 0 Å². The molecule has 2 aliphatic heterocycles. The third-order valence-electron chi connectivity index (χ3n) is 4.91. The van der Waals surface area contributed by atoms with E-state index >= 15 is 0 Å². The van der Waals surface area contributed by atoms with Gasteiger partial charge in [-0.15, -0.1) is 11.3 Å². The molecule has 0 bridgehead atoms. The van der Waals surface area contributed by atoms with E-state index in [-0.39, 0.29) is 5.60 Å². The second-order valence-electron chi connectivity index (χ2n) is 6.55. The number of aromatic nitrogens is 3. The maximum atomic E-state index is 6.09. The van der Waals surface area contributed by atoms with Crippen molar-refractivity contribution in [3.05, 3.63) is 28.5 Å². The quantitative estimate of drug-likeness (QED) is 0.779. The first-order chi connectivity index (χ1) is 12.2. The van der Waals surface area contributed by atoms with Crippen LogP contribution in [0.5, 0.6) is 5.88 Å². The summed E-state index contributed by atoms with van der Waals surface area (Å²) in [6.45, 7) is 5.75. The summed E-state index contributed by atoms with van der Waals surface area (Å²) in [4.78, 5) is 15.0. The van der Waals surface area contributed by atoms with Gasteiger partial charge in [0.15, 0.2) is 0 Å². The molecule has 4 heterocycles. The highest BCUT2D eigenvalue weighted by molar-refractivity contribution is 7.09. The van der Waals surface area contributed by atoms with Crippen LogP contribution in [0.1, 0.15) is 17.1 Å². The largest absolute Gasteiger partial charge is 0.481 e. The number of aryl methyl sites for hydroxylation is 1. The molecular formula is C17H22N4O3S. The van der Waals surface area contributed by atoms with E-state index < -0.39 is 0 Å². The van der Waals surface area contributed by atoms with Gasteiger partial charge in [0, 0.05) is 24.0 Å². The third kappa shape index (κ3) is 3.33. The van der Waals surface area contributed by atoms with Crippen LogP contribution < -0.4 is 9.64 Å². The zero-order valence-electron chi connectivity index (χ0n) is 14.5. The lowest BCUT2D eigenvalue weighted by molar-refractivity contribution is -0.0656. The molecule has 4 rings (SSSR count). The van der Waals surface area contributed by atoms with Crippen molar-refractivity contribution in [2.75, 3.05) is 38.3 Å². The minimum absolute atomic E-state index is 0.115. The molecule has 0 radical (unpaired) electrons. The van der Waals surface area contributed by atoms with E-state index in [4.69, 9.17) is 14.2 Å². The molecule has 134 valence electrons. The van der Waals surface area contributed by atoms with Gasteiger partial charge in [-0.05, 0) is 13.3 Å². The maximum Gasteiger partial charge on any atom is 0.218 e. The van der Waals surface area contributed by atoms with Gasteiger partial charge < -0.3 is 19.1 Å². The van der Waals surface area contributed by atoms with E-state index in [2.05, 4.69) is 25.2 Å². The Morgan fingerprint density at radius 2 is 2.28 bits per heavy atom. The van der Waals surface area contributed by atoms with Gasteiger partial charge in [0.2, 0.25) is 5.88 Å². The Labute approximate surface area is 151 Å². The summed E-state index contributed by atoms with van der Waals surface area (Å²) in [5.74, 6) is 1.87. The summed E-state index contributed by atoms with van der Waals surface area (Å²) < 4.78 is 17.2. The summed E-state index contributed by atoms with van der Waals surface area (Å²) in [6, 6.07) is 1.86. The fourth-order valence-electron chi connectivity index (χ4n) is 3.53. The second kappa shape index (κ2) is 6.86. The molecule has 2 aromatic rings. The average Bonchev–Trinajstić information content (AvgIpc) is 3.20. The molecule has 0 N–H and O–H groups in total. The molecule has 1 spiro atoms. The number of rotatable bonds is 6. The van der Waals surface area contributed by atoms with Crippen LogP contribution in [-0.2, 0) is 16.1 Å². The van der Waals surface area contributed by atoms with Gasteiger partial charge >= 0.3 is 0 Å². The Morgan fingerprint density at radius 3 is 3.04 bits per heavy atom. The molecule has 0 saturated carbocycles. The highest BCUT2D eigenvalue weighted by atomic mass is 32.1. The number of nitrogens with zero attached hydrogens (tertiary/aromatic N) is 4. The molecule has 0 amide bonds. The first-order valence-electron chi connectivity index (χ1n) is 8.42. The second-order valence-corrected chi connectivity index (χ2v) is 7.61. The van der Waals surface area contributed by atoms with Crippen LogP contribution in [0.4, 0.5) is 5.82 Å². The first kappa shape index (κ1) is 16.7. The van der Waals surface area contributed by atoms with Gasteiger partial charge in [-0.1, -0.05) is 0 Å². The highest BCUT2D eigenvalue weighted by Gasteiger charge is 2.53. The van der Waals surface area contributed by atoms with Gasteiger partial charge in [-0.3, -0.25) is 0 Å². The smallest absolute Gasteiger partial charge is 0.218 e. The normalized spacial score (nSPS) is 21.5.